The summed E-state index contributed by atoms with van der Waals surface area (Å²) in [5.74, 6) is -0.905. The summed E-state index contributed by atoms with van der Waals surface area (Å²) in [4.78, 5) is 12.7. The highest BCUT2D eigenvalue weighted by atomic mass is 79.9. The third-order valence-electron chi connectivity index (χ3n) is 5.44. The van der Waals surface area contributed by atoms with Gasteiger partial charge >= 0.3 is 0 Å². The van der Waals surface area contributed by atoms with E-state index in [9.17, 15) is 28.5 Å². The molecule has 0 unspecified atom stereocenters. The van der Waals surface area contributed by atoms with E-state index in [1.54, 1.807) is 17.4 Å². The van der Waals surface area contributed by atoms with Crippen LogP contribution >= 0.6 is 27.3 Å². The van der Waals surface area contributed by atoms with Crippen LogP contribution in [0.4, 0.5) is 0 Å². The Morgan fingerprint density at radius 3 is 2.72 bits per heavy atom. The molecule has 10 heteroatoms. The van der Waals surface area contributed by atoms with Crippen molar-refractivity contribution < 1.29 is 28.5 Å². The quantitative estimate of drug-likeness (QED) is 0.235. The van der Waals surface area contributed by atoms with Crippen molar-refractivity contribution in [2.75, 3.05) is 6.26 Å². The van der Waals surface area contributed by atoms with Crippen LogP contribution in [0, 0.1) is 11.8 Å². The Balaban J connectivity index is 1.77. The molecular formula is C22H32BrNO6S2. The normalized spacial score (nSPS) is 25.0. The number of hydrogen-bond acceptors (Lipinski definition) is 7. The summed E-state index contributed by atoms with van der Waals surface area (Å²) in [6, 6.07) is 4.02. The Morgan fingerprint density at radius 2 is 2.06 bits per heavy atom. The van der Waals surface area contributed by atoms with E-state index in [1.165, 1.54) is 4.88 Å². The van der Waals surface area contributed by atoms with Crippen LogP contribution in [0.2, 0.25) is 0 Å². The van der Waals surface area contributed by atoms with E-state index in [1.807, 2.05) is 35.1 Å². The number of rotatable bonds is 12. The second-order valence-electron chi connectivity index (χ2n) is 8.21. The molecule has 1 aliphatic carbocycles. The van der Waals surface area contributed by atoms with Gasteiger partial charge in [0.1, 0.15) is 0 Å². The molecule has 1 aliphatic rings. The second kappa shape index (κ2) is 13.0. The highest BCUT2D eigenvalue weighted by molar-refractivity contribution is 9.11. The van der Waals surface area contributed by atoms with Crippen molar-refractivity contribution in [1.82, 2.24) is 4.72 Å². The van der Waals surface area contributed by atoms with Gasteiger partial charge in [-0.05, 0) is 66.1 Å². The van der Waals surface area contributed by atoms with E-state index in [2.05, 4.69) is 15.9 Å². The van der Waals surface area contributed by atoms with E-state index in [-0.39, 0.29) is 18.3 Å². The number of aryl methyl sites for hydroxylation is 1. The average molecular weight is 551 g/mol. The number of sulfonamides is 1. The minimum absolute atomic E-state index is 0.119. The zero-order valence-electron chi connectivity index (χ0n) is 18.1. The standard InChI is InChI=1S/C22H32BrNO6S2/c1-32(29,30)24-22(28)7-5-3-2-4-6-17-18(20(27)14-19(17)26)12-9-15(25)8-10-16-11-13-21(23)31-16/h2,4,9,11-13,15,17-20,25-27H,3,5-8,10,14H2,1H3,(H,24,28)/t15-,17+,18+,19-,20+/m0/s1. The number of nitrogens with one attached hydrogen (secondary N) is 1. The summed E-state index contributed by atoms with van der Waals surface area (Å²) >= 11 is 5.07. The lowest BCUT2D eigenvalue weighted by Crippen LogP contribution is -2.28. The molecule has 1 fully saturated rings. The zero-order valence-corrected chi connectivity index (χ0v) is 21.3. The minimum Gasteiger partial charge on any atom is -0.393 e. The topological polar surface area (TPSA) is 124 Å². The number of halogens is 1. The molecule has 0 saturated heterocycles. The first-order valence-electron chi connectivity index (χ1n) is 10.7. The van der Waals surface area contributed by atoms with Gasteiger partial charge in [-0.2, -0.15) is 0 Å². The van der Waals surface area contributed by atoms with E-state index in [0.29, 0.717) is 32.1 Å². The predicted molar refractivity (Wildman–Crippen MR) is 130 cm³/mol. The SMILES string of the molecule is CS(=O)(=O)NC(=O)CCCC=CC[C@@H]1[C@@H](C=C[C@@H](O)CCc2ccc(Br)s2)[C@H](O)C[C@@H]1O. The van der Waals surface area contributed by atoms with Gasteiger partial charge < -0.3 is 15.3 Å². The molecule has 180 valence electrons. The Kier molecular flexibility index (Phi) is 11.1. The van der Waals surface area contributed by atoms with Gasteiger partial charge in [-0.3, -0.25) is 9.52 Å². The first-order chi connectivity index (χ1) is 15.0. The maximum atomic E-state index is 11.5. The van der Waals surface area contributed by atoms with Gasteiger partial charge in [0.2, 0.25) is 15.9 Å². The number of aliphatic hydroxyl groups is 3. The van der Waals surface area contributed by atoms with Crippen molar-refractivity contribution in [2.24, 2.45) is 11.8 Å². The van der Waals surface area contributed by atoms with Crippen LogP contribution < -0.4 is 4.72 Å². The zero-order chi connectivity index (χ0) is 23.7. The number of unbranched alkanes of at least 4 members (excludes halogenated alkanes) is 1. The third-order valence-corrected chi connectivity index (χ3v) is 7.72. The molecular weight excluding hydrogens is 518 g/mol. The first kappa shape index (κ1) is 27.2. The number of allylic oxidation sites excluding steroid dienone is 2. The van der Waals surface area contributed by atoms with Crippen LogP contribution in [-0.4, -0.2) is 54.2 Å². The Morgan fingerprint density at radius 1 is 1.31 bits per heavy atom. The summed E-state index contributed by atoms with van der Waals surface area (Å²) in [6.07, 6.45) is 9.90. The summed E-state index contributed by atoms with van der Waals surface area (Å²) in [5, 5.41) is 30.9. The van der Waals surface area contributed by atoms with Gasteiger partial charge in [0.15, 0.2) is 0 Å². The molecule has 1 saturated carbocycles. The van der Waals surface area contributed by atoms with Gasteiger partial charge in [-0.15, -0.1) is 11.3 Å². The number of hydrogen-bond donors (Lipinski definition) is 4. The summed E-state index contributed by atoms with van der Waals surface area (Å²) in [7, 11) is -3.52. The highest BCUT2D eigenvalue weighted by Crippen LogP contribution is 2.36. The van der Waals surface area contributed by atoms with Crippen LogP contribution in [-0.2, 0) is 21.2 Å². The molecule has 0 aromatic carbocycles. The summed E-state index contributed by atoms with van der Waals surface area (Å²) in [6.45, 7) is 0. The molecule has 2 rings (SSSR count). The van der Waals surface area contributed by atoms with Crippen LogP contribution in [0.1, 0.15) is 43.4 Å². The van der Waals surface area contributed by atoms with E-state index in [0.717, 1.165) is 16.5 Å². The smallest absolute Gasteiger partial charge is 0.233 e. The van der Waals surface area contributed by atoms with E-state index in [4.69, 9.17) is 0 Å². The molecule has 1 aromatic rings. The van der Waals surface area contributed by atoms with Gasteiger partial charge in [0.05, 0.1) is 28.4 Å². The molecule has 0 aliphatic heterocycles. The van der Waals surface area contributed by atoms with E-state index >= 15 is 0 Å². The molecule has 0 bridgehead atoms. The van der Waals surface area contributed by atoms with Gasteiger partial charge in [-0.1, -0.05) is 24.3 Å². The molecule has 32 heavy (non-hydrogen) atoms. The van der Waals surface area contributed by atoms with Crippen molar-refractivity contribution in [2.45, 2.75) is 63.3 Å². The molecule has 7 nitrogen and oxygen atoms in total. The number of carbonyl (C=O) groups excluding carboxylic acids is 1. The number of carbonyl (C=O) groups is 1. The maximum absolute atomic E-state index is 11.5. The monoisotopic (exact) mass is 549 g/mol. The van der Waals surface area contributed by atoms with Crippen molar-refractivity contribution >= 4 is 43.2 Å². The van der Waals surface area contributed by atoms with Crippen LogP contribution in [0.15, 0.2) is 40.2 Å². The Hall–Kier alpha value is -1.04. The van der Waals surface area contributed by atoms with Crippen molar-refractivity contribution in [3.8, 4) is 0 Å². The maximum Gasteiger partial charge on any atom is 0.233 e. The number of thiophene rings is 1. The van der Waals surface area contributed by atoms with Gasteiger partial charge in [-0.25, -0.2) is 8.42 Å². The fourth-order valence-corrected chi connectivity index (χ4v) is 5.86. The molecule has 1 amide bonds. The van der Waals surface area contributed by atoms with Crippen LogP contribution in [0.5, 0.6) is 0 Å². The summed E-state index contributed by atoms with van der Waals surface area (Å²) in [5.41, 5.74) is 0. The van der Waals surface area contributed by atoms with Gasteiger partial charge in [0.25, 0.3) is 0 Å². The fraction of sp³-hybridized carbons (Fsp3) is 0.591. The Bertz CT molecular complexity index is 898. The van der Waals surface area contributed by atoms with E-state index < -0.39 is 34.2 Å². The predicted octanol–water partition coefficient (Wildman–Crippen LogP) is 2.91. The average Bonchev–Trinajstić information content (AvgIpc) is 3.22. The Labute approximate surface area is 202 Å². The molecule has 1 aromatic heterocycles. The largest absolute Gasteiger partial charge is 0.393 e. The molecule has 1 heterocycles. The lowest BCUT2D eigenvalue weighted by Gasteiger charge is -2.19. The lowest BCUT2D eigenvalue weighted by molar-refractivity contribution is -0.119. The highest BCUT2D eigenvalue weighted by Gasteiger charge is 2.39. The summed E-state index contributed by atoms with van der Waals surface area (Å²) < 4.78 is 25.0. The molecule has 0 radical (unpaired) electrons. The van der Waals surface area contributed by atoms with Crippen molar-refractivity contribution in [3.63, 3.8) is 0 Å². The van der Waals surface area contributed by atoms with Crippen LogP contribution in [0.25, 0.3) is 0 Å². The fourth-order valence-electron chi connectivity index (χ4n) is 3.84. The van der Waals surface area contributed by atoms with Gasteiger partial charge in [0, 0.05) is 23.6 Å². The first-order valence-corrected chi connectivity index (χ1v) is 14.2. The number of aliphatic hydroxyl groups excluding tert-OH is 3. The minimum atomic E-state index is -3.52. The lowest BCUT2D eigenvalue weighted by atomic mass is 9.89. The number of amides is 1. The van der Waals surface area contributed by atoms with Crippen LogP contribution in [0.3, 0.4) is 0 Å². The molecule has 5 atom stereocenters. The molecule has 4 N–H and O–H groups in total. The van der Waals surface area contributed by atoms with Crippen molar-refractivity contribution in [3.05, 3.63) is 45.1 Å². The third kappa shape index (κ3) is 9.84. The molecule has 0 spiro atoms. The second-order valence-corrected chi connectivity index (χ2v) is 12.5. The van der Waals surface area contributed by atoms with Crippen molar-refractivity contribution in [1.29, 1.82) is 0 Å².